The number of halogens is 1. The van der Waals surface area contributed by atoms with Crippen molar-refractivity contribution in [1.29, 1.82) is 0 Å². The van der Waals surface area contributed by atoms with Gasteiger partial charge < -0.3 is 4.57 Å². The lowest BCUT2D eigenvalue weighted by Crippen LogP contribution is -1.97. The van der Waals surface area contributed by atoms with Crippen molar-refractivity contribution < 1.29 is 0 Å². The van der Waals surface area contributed by atoms with E-state index in [0.29, 0.717) is 0 Å². The third kappa shape index (κ3) is 4.07. The predicted octanol–water partition coefficient (Wildman–Crippen LogP) is 6.64. The summed E-state index contributed by atoms with van der Waals surface area (Å²) in [5.41, 5.74) is 5.16. The molecule has 5 aromatic rings. The van der Waals surface area contributed by atoms with Gasteiger partial charge >= 0.3 is 0 Å². The molecule has 0 saturated carbocycles. The van der Waals surface area contributed by atoms with E-state index in [1.807, 2.05) is 67.7 Å². The molecule has 0 aliphatic heterocycles. The Bertz CT molecular complexity index is 1350. The molecule has 0 atom stereocenters. The molecule has 2 heterocycles. The van der Waals surface area contributed by atoms with E-state index in [4.69, 9.17) is 16.6 Å². The number of para-hydroxylation sites is 1. The van der Waals surface area contributed by atoms with Gasteiger partial charge in [0.1, 0.15) is 0 Å². The maximum absolute atomic E-state index is 5.99. The Labute approximate surface area is 189 Å². The molecule has 0 amide bonds. The first-order valence-electron chi connectivity index (χ1n) is 9.91. The molecule has 3 aromatic carbocycles. The van der Waals surface area contributed by atoms with E-state index in [1.54, 1.807) is 11.8 Å². The summed E-state index contributed by atoms with van der Waals surface area (Å²) < 4.78 is 2.05. The van der Waals surface area contributed by atoms with E-state index in [1.165, 1.54) is 5.56 Å². The molecule has 0 unspecified atom stereocenters. The second kappa shape index (κ2) is 8.53. The summed E-state index contributed by atoms with van der Waals surface area (Å²) in [5.74, 6) is 1.63. The predicted molar refractivity (Wildman–Crippen MR) is 128 cm³/mol. The lowest BCUT2D eigenvalue weighted by Gasteiger charge is -2.10. The Balaban J connectivity index is 1.54. The zero-order valence-electron chi connectivity index (χ0n) is 16.9. The molecule has 4 nitrogen and oxygen atoms in total. The van der Waals surface area contributed by atoms with Crippen LogP contribution in [0.3, 0.4) is 0 Å². The molecule has 0 aliphatic rings. The van der Waals surface area contributed by atoms with Gasteiger partial charge in [0.2, 0.25) is 0 Å². The summed E-state index contributed by atoms with van der Waals surface area (Å²) in [4.78, 5) is 4.88. The Kier molecular flexibility index (Phi) is 5.45. The zero-order valence-corrected chi connectivity index (χ0v) is 18.4. The molecule has 0 N–H and O–H groups in total. The normalized spacial score (nSPS) is 11.2. The lowest BCUT2D eigenvalue weighted by molar-refractivity contribution is 0.794. The van der Waals surface area contributed by atoms with Crippen LogP contribution in [0.5, 0.6) is 0 Å². The summed E-state index contributed by atoms with van der Waals surface area (Å²) in [6.45, 7) is 0. The Morgan fingerprint density at radius 2 is 1.61 bits per heavy atom. The number of fused-ring (bicyclic) bond motifs is 1. The SMILES string of the molecule is Cn1c(SCc2ccc(Cl)cc2)nnc1-c1cc(-c2ccccc2)nc2ccccc12. The number of benzene rings is 3. The number of pyridine rings is 1. The topological polar surface area (TPSA) is 43.6 Å². The van der Waals surface area contributed by atoms with Crippen molar-refractivity contribution in [2.45, 2.75) is 10.9 Å². The fourth-order valence-electron chi connectivity index (χ4n) is 3.52. The van der Waals surface area contributed by atoms with Crippen LogP contribution in [0.15, 0.2) is 90.1 Å². The van der Waals surface area contributed by atoms with Gasteiger partial charge in [0.05, 0.1) is 11.2 Å². The Morgan fingerprint density at radius 1 is 0.871 bits per heavy atom. The molecule has 0 radical (unpaired) electrons. The monoisotopic (exact) mass is 442 g/mol. The highest BCUT2D eigenvalue weighted by atomic mass is 35.5. The van der Waals surface area contributed by atoms with E-state index in [-0.39, 0.29) is 0 Å². The maximum Gasteiger partial charge on any atom is 0.191 e. The van der Waals surface area contributed by atoms with Crippen molar-refractivity contribution in [3.63, 3.8) is 0 Å². The molecular weight excluding hydrogens is 424 g/mol. The fraction of sp³-hybridized carbons (Fsp3) is 0.0800. The molecule has 0 aliphatic carbocycles. The van der Waals surface area contributed by atoms with Crippen LogP contribution in [-0.2, 0) is 12.8 Å². The van der Waals surface area contributed by atoms with Crippen LogP contribution in [0.4, 0.5) is 0 Å². The highest BCUT2D eigenvalue weighted by Gasteiger charge is 2.16. The first-order valence-corrected chi connectivity index (χ1v) is 11.3. The molecule has 0 spiro atoms. The van der Waals surface area contributed by atoms with E-state index in [9.17, 15) is 0 Å². The Morgan fingerprint density at radius 3 is 2.42 bits per heavy atom. The maximum atomic E-state index is 5.99. The van der Waals surface area contributed by atoms with Gasteiger partial charge in [-0.1, -0.05) is 84.0 Å². The van der Waals surface area contributed by atoms with Crippen LogP contribution in [0.25, 0.3) is 33.5 Å². The van der Waals surface area contributed by atoms with Crippen molar-refractivity contribution in [3.8, 4) is 22.6 Å². The molecule has 152 valence electrons. The van der Waals surface area contributed by atoms with Crippen molar-refractivity contribution in [1.82, 2.24) is 19.7 Å². The summed E-state index contributed by atoms with van der Waals surface area (Å²) in [6, 6.07) is 28.4. The largest absolute Gasteiger partial charge is 0.305 e. The van der Waals surface area contributed by atoms with Gasteiger partial charge in [-0.2, -0.15) is 0 Å². The average Bonchev–Trinajstić information content (AvgIpc) is 3.18. The van der Waals surface area contributed by atoms with Crippen LogP contribution in [-0.4, -0.2) is 19.7 Å². The first kappa shape index (κ1) is 19.8. The van der Waals surface area contributed by atoms with Crippen LogP contribution >= 0.6 is 23.4 Å². The minimum Gasteiger partial charge on any atom is -0.305 e. The van der Waals surface area contributed by atoms with E-state index >= 15 is 0 Å². The first-order chi connectivity index (χ1) is 15.2. The number of hydrogen-bond donors (Lipinski definition) is 0. The molecule has 0 fully saturated rings. The minimum absolute atomic E-state index is 0.744. The zero-order chi connectivity index (χ0) is 21.2. The van der Waals surface area contributed by atoms with Gasteiger partial charge in [-0.15, -0.1) is 10.2 Å². The van der Waals surface area contributed by atoms with Gasteiger partial charge in [0.15, 0.2) is 11.0 Å². The van der Waals surface area contributed by atoms with Gasteiger partial charge in [-0.3, -0.25) is 0 Å². The second-order valence-corrected chi connectivity index (χ2v) is 8.60. The second-order valence-electron chi connectivity index (χ2n) is 7.22. The van der Waals surface area contributed by atoms with E-state index < -0.39 is 0 Å². The van der Waals surface area contributed by atoms with Gasteiger partial charge in [-0.05, 0) is 29.8 Å². The number of nitrogens with zero attached hydrogens (tertiary/aromatic N) is 4. The summed E-state index contributed by atoms with van der Waals surface area (Å²) >= 11 is 7.65. The van der Waals surface area contributed by atoms with Crippen LogP contribution in [0, 0.1) is 0 Å². The quantitative estimate of drug-likeness (QED) is 0.286. The smallest absolute Gasteiger partial charge is 0.191 e. The number of thioether (sulfide) groups is 1. The minimum atomic E-state index is 0.744. The van der Waals surface area contributed by atoms with Crippen molar-refractivity contribution in [3.05, 3.63) is 95.5 Å². The van der Waals surface area contributed by atoms with E-state index in [2.05, 4.69) is 39.0 Å². The molecule has 0 saturated heterocycles. The Hall–Kier alpha value is -3.15. The number of rotatable bonds is 5. The highest BCUT2D eigenvalue weighted by Crippen LogP contribution is 2.33. The molecule has 31 heavy (non-hydrogen) atoms. The molecular formula is C25H19ClN4S. The molecule has 5 rings (SSSR count). The van der Waals surface area contributed by atoms with Crippen LogP contribution < -0.4 is 0 Å². The molecule has 6 heteroatoms. The van der Waals surface area contributed by atoms with Crippen molar-refractivity contribution in [2.75, 3.05) is 0 Å². The van der Waals surface area contributed by atoms with Crippen molar-refractivity contribution in [2.24, 2.45) is 7.05 Å². The number of hydrogen-bond acceptors (Lipinski definition) is 4. The van der Waals surface area contributed by atoms with Gasteiger partial charge in [0, 0.05) is 34.3 Å². The van der Waals surface area contributed by atoms with Crippen LogP contribution in [0.2, 0.25) is 5.02 Å². The van der Waals surface area contributed by atoms with Gasteiger partial charge in [-0.25, -0.2) is 4.98 Å². The number of aromatic nitrogens is 4. The summed E-state index contributed by atoms with van der Waals surface area (Å²) in [5, 5.41) is 11.7. The lowest BCUT2D eigenvalue weighted by atomic mass is 10.0. The highest BCUT2D eigenvalue weighted by molar-refractivity contribution is 7.98. The fourth-order valence-corrected chi connectivity index (χ4v) is 4.51. The van der Waals surface area contributed by atoms with Crippen molar-refractivity contribution >= 4 is 34.3 Å². The standard InChI is InChI=1S/C25H19ClN4S/c1-30-24(28-29-25(30)31-16-17-11-13-19(26)14-12-17)21-15-23(18-7-3-2-4-8-18)27-22-10-6-5-9-20(21)22/h2-15H,16H2,1H3. The molecule has 2 aromatic heterocycles. The third-order valence-corrected chi connectivity index (χ3v) is 6.49. The van der Waals surface area contributed by atoms with Crippen LogP contribution in [0.1, 0.15) is 5.56 Å². The van der Waals surface area contributed by atoms with E-state index in [0.717, 1.165) is 49.5 Å². The van der Waals surface area contributed by atoms with Gasteiger partial charge in [0.25, 0.3) is 0 Å². The average molecular weight is 443 g/mol. The summed E-state index contributed by atoms with van der Waals surface area (Å²) in [6.07, 6.45) is 0. The molecule has 0 bridgehead atoms. The third-order valence-electron chi connectivity index (χ3n) is 5.14. The summed E-state index contributed by atoms with van der Waals surface area (Å²) in [7, 11) is 2.01.